The molecule has 0 aromatic heterocycles. The fourth-order valence-corrected chi connectivity index (χ4v) is 3.55. The molecule has 34 heavy (non-hydrogen) atoms. The van der Waals surface area contributed by atoms with Crippen molar-refractivity contribution < 1.29 is 14.3 Å². The van der Waals surface area contributed by atoms with E-state index >= 15 is 0 Å². The zero-order valence-electron chi connectivity index (χ0n) is 22.4. The summed E-state index contributed by atoms with van der Waals surface area (Å²) in [7, 11) is 0. The molecule has 0 heterocycles. The van der Waals surface area contributed by atoms with Crippen molar-refractivity contribution in [2.24, 2.45) is 5.92 Å². The Hall–Kier alpha value is -2.47. The highest BCUT2D eigenvalue weighted by Gasteiger charge is 2.23. The van der Waals surface area contributed by atoms with Crippen LogP contribution in [0.2, 0.25) is 0 Å². The number of alkyl carbamates (subject to hydrolysis) is 1. The Kier molecular flexibility index (Phi) is 15.8. The summed E-state index contributed by atoms with van der Waals surface area (Å²) in [6.45, 7) is 15.4. The van der Waals surface area contributed by atoms with E-state index in [0.29, 0.717) is 12.8 Å². The Morgan fingerprint density at radius 1 is 0.912 bits per heavy atom. The largest absolute Gasteiger partial charge is 0.444 e. The van der Waals surface area contributed by atoms with Crippen LogP contribution in [0.15, 0.2) is 54.6 Å². The molecule has 0 aliphatic heterocycles. The fourth-order valence-electron chi connectivity index (χ4n) is 3.15. The van der Waals surface area contributed by atoms with Crippen molar-refractivity contribution >= 4 is 23.9 Å². The first-order valence-corrected chi connectivity index (χ1v) is 13.4. The summed E-state index contributed by atoms with van der Waals surface area (Å²) in [6, 6.07) is 18.3. The van der Waals surface area contributed by atoms with Crippen LogP contribution < -0.4 is 10.0 Å². The average molecular weight is 489 g/mol. The Bertz CT molecular complexity index is 818. The van der Waals surface area contributed by atoms with Gasteiger partial charge in [-0.3, -0.25) is 4.79 Å². The van der Waals surface area contributed by atoms with E-state index < -0.39 is 11.7 Å². The average Bonchev–Trinajstić information content (AvgIpc) is 2.81. The number of hydrogen-bond acceptors (Lipinski definition) is 4. The van der Waals surface area contributed by atoms with Crippen LogP contribution in [0.1, 0.15) is 67.4 Å². The van der Waals surface area contributed by atoms with Gasteiger partial charge in [0.2, 0.25) is 5.91 Å². The summed E-state index contributed by atoms with van der Waals surface area (Å²) in [5.74, 6) is -0.279. The van der Waals surface area contributed by atoms with Gasteiger partial charge in [0, 0.05) is 18.2 Å². The lowest BCUT2D eigenvalue weighted by molar-refractivity contribution is -0.122. The molecule has 0 bridgehead atoms. The molecule has 0 radical (unpaired) electrons. The van der Waals surface area contributed by atoms with Gasteiger partial charge >= 0.3 is 6.09 Å². The van der Waals surface area contributed by atoms with Gasteiger partial charge in [-0.2, -0.15) is 0 Å². The second-order valence-electron chi connectivity index (χ2n) is 8.42. The first-order valence-electron chi connectivity index (χ1n) is 12.1. The number of carbonyl (C=O) groups is 2. The monoisotopic (exact) mass is 488 g/mol. The van der Waals surface area contributed by atoms with E-state index in [1.807, 2.05) is 79.8 Å². The Morgan fingerprint density at radius 2 is 1.44 bits per heavy atom. The SMILES string of the molecule is CC.CC.CSNC(=O)[C@H](C)CC(Cc1ccc(-c2ccccc2)cc1)NC(=O)OC(C)(C)C. The van der Waals surface area contributed by atoms with Crippen molar-refractivity contribution in [3.05, 3.63) is 60.2 Å². The second kappa shape index (κ2) is 17.0. The standard InChI is InChI=1S/C24H32N2O3S.2C2H6/c1-17(22(27)26-30-5)15-21(25-23(28)29-24(2,3)4)16-18-11-13-20(14-12-18)19-9-7-6-8-10-19;2*1-2/h6-14,17,21H,15-16H2,1-5H3,(H,25,28)(H,26,27);2*1-2H3/t17-,21?;;/m1../s1. The lowest BCUT2D eigenvalue weighted by Crippen LogP contribution is -2.42. The number of nitrogens with one attached hydrogen (secondary N) is 2. The maximum Gasteiger partial charge on any atom is 0.407 e. The van der Waals surface area contributed by atoms with Crippen LogP contribution >= 0.6 is 11.9 Å². The van der Waals surface area contributed by atoms with Gasteiger partial charge in [0.25, 0.3) is 0 Å². The number of benzene rings is 2. The highest BCUT2D eigenvalue weighted by molar-refractivity contribution is 7.97. The molecule has 0 spiro atoms. The van der Waals surface area contributed by atoms with Gasteiger partial charge in [-0.1, -0.05) is 101 Å². The van der Waals surface area contributed by atoms with E-state index in [4.69, 9.17) is 4.74 Å². The fraction of sp³-hybridized carbons (Fsp3) is 0.500. The van der Waals surface area contributed by atoms with Crippen molar-refractivity contribution in [3.63, 3.8) is 0 Å². The van der Waals surface area contributed by atoms with Gasteiger partial charge in [-0.05, 0) is 50.3 Å². The minimum absolute atomic E-state index is 0.0436. The number of amides is 2. The zero-order chi connectivity index (χ0) is 26.1. The molecule has 0 fully saturated rings. The van der Waals surface area contributed by atoms with E-state index in [9.17, 15) is 9.59 Å². The van der Waals surface area contributed by atoms with E-state index in [0.717, 1.165) is 16.7 Å². The smallest absolute Gasteiger partial charge is 0.407 e. The molecule has 0 aliphatic carbocycles. The molecular formula is C28H44N2O3S. The maximum atomic E-state index is 12.3. The molecule has 2 amide bonds. The number of carbonyl (C=O) groups excluding carboxylic acids is 2. The summed E-state index contributed by atoms with van der Waals surface area (Å²) in [4.78, 5) is 24.5. The van der Waals surface area contributed by atoms with E-state index in [2.05, 4.69) is 46.4 Å². The molecule has 2 atom stereocenters. The Morgan fingerprint density at radius 3 is 1.94 bits per heavy atom. The minimum Gasteiger partial charge on any atom is -0.444 e. The third kappa shape index (κ3) is 12.7. The van der Waals surface area contributed by atoms with Gasteiger partial charge in [0.15, 0.2) is 0 Å². The summed E-state index contributed by atoms with van der Waals surface area (Å²) >= 11 is 1.28. The van der Waals surface area contributed by atoms with Crippen LogP contribution in [0.3, 0.4) is 0 Å². The topological polar surface area (TPSA) is 67.4 Å². The summed E-state index contributed by atoms with van der Waals surface area (Å²) in [5, 5.41) is 2.95. The molecule has 1 unspecified atom stereocenters. The van der Waals surface area contributed by atoms with Crippen LogP contribution in [0.5, 0.6) is 0 Å². The third-order valence-electron chi connectivity index (χ3n) is 4.55. The van der Waals surface area contributed by atoms with Gasteiger partial charge in [-0.15, -0.1) is 0 Å². The van der Waals surface area contributed by atoms with Crippen LogP contribution in [-0.2, 0) is 16.0 Å². The zero-order valence-corrected chi connectivity index (χ0v) is 23.2. The summed E-state index contributed by atoms with van der Waals surface area (Å²) in [5.41, 5.74) is 2.82. The molecular weight excluding hydrogens is 444 g/mol. The summed E-state index contributed by atoms with van der Waals surface area (Å²) < 4.78 is 8.18. The number of rotatable bonds is 8. The van der Waals surface area contributed by atoms with Gasteiger partial charge in [0.1, 0.15) is 5.60 Å². The van der Waals surface area contributed by atoms with E-state index in [1.54, 1.807) is 0 Å². The molecule has 0 aliphatic rings. The normalized spacial score (nSPS) is 12.0. The summed E-state index contributed by atoms with van der Waals surface area (Å²) in [6.07, 6.45) is 2.48. The van der Waals surface area contributed by atoms with Crippen molar-refractivity contribution in [3.8, 4) is 11.1 Å². The van der Waals surface area contributed by atoms with Gasteiger partial charge in [-0.25, -0.2) is 4.79 Å². The third-order valence-corrected chi connectivity index (χ3v) is 4.96. The van der Waals surface area contributed by atoms with Crippen molar-refractivity contribution in [1.29, 1.82) is 0 Å². The highest BCUT2D eigenvalue weighted by atomic mass is 32.2. The van der Waals surface area contributed by atoms with Crippen molar-refractivity contribution in [1.82, 2.24) is 10.0 Å². The molecule has 0 saturated heterocycles. The second-order valence-corrected chi connectivity index (χ2v) is 9.03. The minimum atomic E-state index is -0.576. The molecule has 5 nitrogen and oxygen atoms in total. The van der Waals surface area contributed by atoms with Crippen LogP contribution in [0.4, 0.5) is 4.79 Å². The van der Waals surface area contributed by atoms with Crippen LogP contribution in [0.25, 0.3) is 11.1 Å². The molecule has 190 valence electrons. The van der Waals surface area contributed by atoms with Gasteiger partial charge in [0.05, 0.1) is 0 Å². The first-order chi connectivity index (χ1) is 16.2. The van der Waals surface area contributed by atoms with Crippen LogP contribution in [-0.4, -0.2) is 29.9 Å². The molecule has 2 aromatic rings. The molecule has 6 heteroatoms. The highest BCUT2D eigenvalue weighted by Crippen LogP contribution is 2.21. The van der Waals surface area contributed by atoms with Crippen LogP contribution in [0, 0.1) is 5.92 Å². The molecule has 2 N–H and O–H groups in total. The number of hydrogen-bond donors (Lipinski definition) is 2. The van der Waals surface area contributed by atoms with Crippen molar-refractivity contribution in [2.75, 3.05) is 6.26 Å². The molecule has 2 rings (SSSR count). The van der Waals surface area contributed by atoms with Crippen molar-refractivity contribution in [2.45, 2.75) is 79.9 Å². The lowest BCUT2D eigenvalue weighted by Gasteiger charge is -2.25. The molecule has 0 saturated carbocycles. The number of ether oxygens (including phenoxy) is 1. The Labute approximate surface area is 211 Å². The quantitative estimate of drug-likeness (QED) is 0.384. The molecule has 2 aromatic carbocycles. The maximum absolute atomic E-state index is 12.3. The Balaban J connectivity index is 0.00000258. The first kappa shape index (κ1) is 31.5. The lowest BCUT2D eigenvalue weighted by atomic mass is 9.94. The van der Waals surface area contributed by atoms with E-state index in [1.165, 1.54) is 11.9 Å². The predicted molar refractivity (Wildman–Crippen MR) is 147 cm³/mol. The predicted octanol–water partition coefficient (Wildman–Crippen LogP) is 7.26. The van der Waals surface area contributed by atoms with E-state index in [-0.39, 0.29) is 17.9 Å². The van der Waals surface area contributed by atoms with Gasteiger partial charge < -0.3 is 14.8 Å².